The van der Waals surface area contributed by atoms with Gasteiger partial charge in [0.1, 0.15) is 11.5 Å². The van der Waals surface area contributed by atoms with Gasteiger partial charge in [-0.1, -0.05) is 13.8 Å². The third-order valence-electron chi connectivity index (χ3n) is 4.38. The van der Waals surface area contributed by atoms with Crippen LogP contribution in [0.5, 0.6) is 11.5 Å². The predicted molar refractivity (Wildman–Crippen MR) is 86.2 cm³/mol. The topological polar surface area (TPSA) is 33.7 Å². The van der Waals surface area contributed by atoms with Crippen molar-refractivity contribution in [1.82, 2.24) is 10.2 Å². The number of fused-ring (bicyclic) bond motifs is 1. The van der Waals surface area contributed by atoms with Crippen molar-refractivity contribution in [3.05, 3.63) is 22.8 Å². The van der Waals surface area contributed by atoms with E-state index in [2.05, 4.69) is 37.1 Å². The van der Waals surface area contributed by atoms with Crippen molar-refractivity contribution >= 4 is 0 Å². The van der Waals surface area contributed by atoms with Gasteiger partial charge in [-0.3, -0.25) is 4.90 Å². The van der Waals surface area contributed by atoms with Crippen LogP contribution in [0.3, 0.4) is 0 Å². The molecule has 0 fully saturated rings. The first-order valence-electron chi connectivity index (χ1n) is 7.85. The maximum atomic E-state index is 5.77. The predicted octanol–water partition coefficient (Wildman–Crippen LogP) is 2.58. The zero-order chi connectivity index (χ0) is 15.4. The molecule has 0 saturated carbocycles. The quantitative estimate of drug-likeness (QED) is 0.874. The molecule has 0 aliphatic carbocycles. The number of nitrogens with one attached hydrogen (secondary N) is 1. The first-order valence-corrected chi connectivity index (χ1v) is 7.85. The summed E-state index contributed by atoms with van der Waals surface area (Å²) in [4.78, 5) is 2.40. The molecule has 0 bridgehead atoms. The SMILES string of the molecule is CCN(CC)Cc1cc(OC)c2c(c1OC)CC(C)NC2. The molecule has 0 saturated heterocycles. The van der Waals surface area contributed by atoms with Crippen LogP contribution in [0.1, 0.15) is 37.5 Å². The van der Waals surface area contributed by atoms with E-state index >= 15 is 0 Å². The zero-order valence-corrected chi connectivity index (χ0v) is 14.0. The molecule has 1 N–H and O–H groups in total. The number of ether oxygens (including phenoxy) is 2. The van der Waals surface area contributed by atoms with Gasteiger partial charge >= 0.3 is 0 Å². The molecule has 1 aliphatic heterocycles. The van der Waals surface area contributed by atoms with Crippen LogP contribution < -0.4 is 14.8 Å². The van der Waals surface area contributed by atoms with E-state index in [9.17, 15) is 0 Å². The van der Waals surface area contributed by atoms with E-state index in [1.165, 1.54) is 16.7 Å². The Labute approximate surface area is 128 Å². The molecule has 118 valence electrons. The molecular formula is C17H28N2O2. The second-order valence-corrected chi connectivity index (χ2v) is 5.68. The van der Waals surface area contributed by atoms with Crippen LogP contribution >= 0.6 is 0 Å². The maximum absolute atomic E-state index is 5.77. The van der Waals surface area contributed by atoms with Gasteiger partial charge in [-0.25, -0.2) is 0 Å². The number of benzene rings is 1. The Balaban J connectivity index is 2.47. The molecule has 1 aliphatic rings. The highest BCUT2D eigenvalue weighted by atomic mass is 16.5. The molecule has 0 amide bonds. The number of rotatable bonds is 6. The average molecular weight is 292 g/mol. The van der Waals surface area contributed by atoms with Crippen LogP contribution in [-0.2, 0) is 19.5 Å². The van der Waals surface area contributed by atoms with Gasteiger partial charge in [-0.15, -0.1) is 0 Å². The summed E-state index contributed by atoms with van der Waals surface area (Å²) in [6.07, 6.45) is 0.987. The van der Waals surface area contributed by atoms with Gasteiger partial charge in [0, 0.05) is 35.8 Å². The maximum Gasteiger partial charge on any atom is 0.127 e. The molecular weight excluding hydrogens is 264 g/mol. The molecule has 0 spiro atoms. The van der Waals surface area contributed by atoms with Crippen LogP contribution in [0.4, 0.5) is 0 Å². The number of methoxy groups -OCH3 is 2. The highest BCUT2D eigenvalue weighted by Gasteiger charge is 2.25. The van der Waals surface area contributed by atoms with E-state index in [0.717, 1.165) is 44.1 Å². The second kappa shape index (κ2) is 7.14. The summed E-state index contributed by atoms with van der Waals surface area (Å²) in [5.41, 5.74) is 3.78. The highest BCUT2D eigenvalue weighted by Crippen LogP contribution is 2.37. The minimum Gasteiger partial charge on any atom is -0.496 e. The Morgan fingerprint density at radius 2 is 1.90 bits per heavy atom. The summed E-state index contributed by atoms with van der Waals surface area (Å²) in [5.74, 6) is 2.03. The molecule has 1 atom stereocenters. The van der Waals surface area contributed by atoms with Crippen LogP contribution in [0.15, 0.2) is 6.07 Å². The fourth-order valence-corrected chi connectivity index (χ4v) is 3.10. The van der Waals surface area contributed by atoms with Crippen molar-refractivity contribution in [3.8, 4) is 11.5 Å². The molecule has 0 radical (unpaired) electrons. The van der Waals surface area contributed by atoms with E-state index in [0.29, 0.717) is 6.04 Å². The van der Waals surface area contributed by atoms with Crippen LogP contribution in [0.2, 0.25) is 0 Å². The first-order chi connectivity index (χ1) is 10.1. The fourth-order valence-electron chi connectivity index (χ4n) is 3.10. The summed E-state index contributed by atoms with van der Waals surface area (Å²) >= 11 is 0. The third kappa shape index (κ3) is 3.33. The van der Waals surface area contributed by atoms with E-state index in [4.69, 9.17) is 9.47 Å². The van der Waals surface area contributed by atoms with Gasteiger partial charge in [0.25, 0.3) is 0 Å². The number of hydrogen-bond donors (Lipinski definition) is 1. The molecule has 21 heavy (non-hydrogen) atoms. The summed E-state index contributed by atoms with van der Waals surface area (Å²) < 4.78 is 11.4. The largest absolute Gasteiger partial charge is 0.496 e. The van der Waals surface area contributed by atoms with Crippen molar-refractivity contribution in [3.63, 3.8) is 0 Å². The normalized spacial score (nSPS) is 17.7. The highest BCUT2D eigenvalue weighted by molar-refractivity contribution is 5.55. The molecule has 1 unspecified atom stereocenters. The molecule has 4 heteroatoms. The lowest BCUT2D eigenvalue weighted by Crippen LogP contribution is -2.34. The summed E-state index contributed by atoms with van der Waals surface area (Å²) in [5, 5.41) is 3.50. The molecule has 1 aromatic carbocycles. The Morgan fingerprint density at radius 1 is 1.19 bits per heavy atom. The van der Waals surface area contributed by atoms with Crippen molar-refractivity contribution < 1.29 is 9.47 Å². The van der Waals surface area contributed by atoms with Crippen LogP contribution in [-0.4, -0.2) is 38.3 Å². The van der Waals surface area contributed by atoms with Crippen molar-refractivity contribution in [1.29, 1.82) is 0 Å². The molecule has 1 aromatic rings. The minimum atomic E-state index is 0.472. The standard InChI is InChI=1S/C17H28N2O2/c1-6-19(7-2)11-13-9-16(20-4)15-10-18-12(3)8-14(15)17(13)21-5/h9,12,18H,6-8,10-11H2,1-5H3. The van der Waals surface area contributed by atoms with Gasteiger partial charge < -0.3 is 14.8 Å². The van der Waals surface area contributed by atoms with Gasteiger partial charge in [0.15, 0.2) is 0 Å². The second-order valence-electron chi connectivity index (χ2n) is 5.68. The van der Waals surface area contributed by atoms with E-state index in [-0.39, 0.29) is 0 Å². The molecule has 0 aromatic heterocycles. The third-order valence-corrected chi connectivity index (χ3v) is 4.38. The first kappa shape index (κ1) is 16.1. The monoisotopic (exact) mass is 292 g/mol. The summed E-state index contributed by atoms with van der Waals surface area (Å²) in [6.45, 7) is 10.4. The Bertz CT molecular complexity index is 484. The van der Waals surface area contributed by atoms with Crippen molar-refractivity contribution in [2.45, 2.75) is 46.3 Å². The molecule has 2 rings (SSSR count). The van der Waals surface area contributed by atoms with Crippen molar-refractivity contribution in [2.75, 3.05) is 27.3 Å². The summed E-state index contributed by atoms with van der Waals surface area (Å²) in [7, 11) is 3.53. The van der Waals surface area contributed by atoms with Gasteiger partial charge in [-0.2, -0.15) is 0 Å². The van der Waals surface area contributed by atoms with Gasteiger partial charge in [0.05, 0.1) is 14.2 Å². The lowest BCUT2D eigenvalue weighted by atomic mass is 9.92. The van der Waals surface area contributed by atoms with E-state index in [1.807, 2.05) is 0 Å². The Morgan fingerprint density at radius 3 is 2.48 bits per heavy atom. The Hall–Kier alpha value is -1.26. The van der Waals surface area contributed by atoms with Gasteiger partial charge in [-0.05, 0) is 32.5 Å². The average Bonchev–Trinajstić information content (AvgIpc) is 2.51. The number of nitrogens with zero attached hydrogens (tertiary/aromatic N) is 1. The molecule has 1 heterocycles. The van der Waals surface area contributed by atoms with E-state index < -0.39 is 0 Å². The lowest BCUT2D eigenvalue weighted by molar-refractivity contribution is 0.286. The minimum absolute atomic E-state index is 0.472. The fraction of sp³-hybridized carbons (Fsp3) is 0.647. The lowest BCUT2D eigenvalue weighted by Gasteiger charge is -2.29. The van der Waals surface area contributed by atoms with Crippen LogP contribution in [0.25, 0.3) is 0 Å². The van der Waals surface area contributed by atoms with Crippen LogP contribution in [0, 0.1) is 0 Å². The van der Waals surface area contributed by atoms with E-state index in [1.54, 1.807) is 14.2 Å². The molecule has 4 nitrogen and oxygen atoms in total. The zero-order valence-electron chi connectivity index (χ0n) is 14.0. The summed E-state index contributed by atoms with van der Waals surface area (Å²) in [6, 6.07) is 2.62. The smallest absolute Gasteiger partial charge is 0.127 e. The van der Waals surface area contributed by atoms with Gasteiger partial charge in [0.2, 0.25) is 0 Å². The number of hydrogen-bond acceptors (Lipinski definition) is 4. The van der Waals surface area contributed by atoms with Crippen molar-refractivity contribution in [2.24, 2.45) is 0 Å². The Kier molecular flexibility index (Phi) is 5.48.